The predicted molar refractivity (Wildman–Crippen MR) is 99.2 cm³/mol. The minimum atomic E-state index is -0.0333. The smallest absolute Gasteiger partial charge is 0.244 e. The number of morpholine rings is 1. The molecule has 25 heavy (non-hydrogen) atoms. The highest BCUT2D eigenvalue weighted by Gasteiger charge is 2.19. The van der Waals surface area contributed by atoms with Gasteiger partial charge in [-0.1, -0.05) is 0 Å². The zero-order chi connectivity index (χ0) is 16.8. The summed E-state index contributed by atoms with van der Waals surface area (Å²) in [7, 11) is 0. The van der Waals surface area contributed by atoms with E-state index in [-0.39, 0.29) is 36.8 Å². The van der Waals surface area contributed by atoms with E-state index in [9.17, 15) is 9.59 Å². The molecule has 2 aliphatic rings. The summed E-state index contributed by atoms with van der Waals surface area (Å²) in [5.74, 6) is 2.04. The molecule has 0 radical (unpaired) electrons. The standard InChI is InChI=1S/C15H23N5O3S.ClH/c21-14(7-12-11-24-6-1-16-12)18-13-8-17-20(9-13)10-15(22)19-2-4-23-5-3-19;/h8-9,12,16H,1-7,10-11H2,(H,18,21);1H. The molecule has 0 aromatic carbocycles. The van der Waals surface area contributed by atoms with Gasteiger partial charge < -0.3 is 20.3 Å². The van der Waals surface area contributed by atoms with Gasteiger partial charge in [0.15, 0.2) is 0 Å². The first-order valence-corrected chi connectivity index (χ1v) is 9.35. The molecular weight excluding hydrogens is 366 g/mol. The molecule has 2 aliphatic heterocycles. The molecule has 2 fully saturated rings. The normalized spacial score (nSPS) is 20.6. The number of carbonyl (C=O) groups is 2. The molecule has 2 N–H and O–H groups in total. The Bertz CT molecular complexity index is 573. The number of amides is 2. The molecule has 2 amide bonds. The van der Waals surface area contributed by atoms with Gasteiger partial charge in [-0.2, -0.15) is 16.9 Å². The van der Waals surface area contributed by atoms with Crippen molar-refractivity contribution < 1.29 is 14.3 Å². The maximum absolute atomic E-state index is 12.2. The number of nitrogens with one attached hydrogen (secondary N) is 2. The van der Waals surface area contributed by atoms with Crippen molar-refractivity contribution in [2.75, 3.05) is 49.7 Å². The van der Waals surface area contributed by atoms with Crippen LogP contribution in [-0.4, -0.2) is 76.9 Å². The molecule has 1 atom stereocenters. The highest BCUT2D eigenvalue weighted by molar-refractivity contribution is 7.99. The lowest BCUT2D eigenvalue weighted by Crippen LogP contribution is -2.42. The van der Waals surface area contributed by atoms with Crippen LogP contribution in [0, 0.1) is 0 Å². The summed E-state index contributed by atoms with van der Waals surface area (Å²) in [6.07, 6.45) is 3.72. The third-order valence-corrected chi connectivity index (χ3v) is 5.14. The molecule has 1 aromatic rings. The second kappa shape index (κ2) is 10.0. The van der Waals surface area contributed by atoms with Gasteiger partial charge >= 0.3 is 0 Å². The Kier molecular flexibility index (Phi) is 8.01. The lowest BCUT2D eigenvalue weighted by molar-refractivity contribution is -0.136. The van der Waals surface area contributed by atoms with E-state index >= 15 is 0 Å². The van der Waals surface area contributed by atoms with Gasteiger partial charge in [0.25, 0.3) is 0 Å². The number of hydrogen-bond acceptors (Lipinski definition) is 6. The van der Waals surface area contributed by atoms with E-state index in [4.69, 9.17) is 4.74 Å². The lowest BCUT2D eigenvalue weighted by Gasteiger charge is -2.26. The topological polar surface area (TPSA) is 88.5 Å². The Balaban J connectivity index is 0.00000225. The number of nitrogens with zero attached hydrogens (tertiary/aromatic N) is 3. The van der Waals surface area contributed by atoms with Crippen LogP contribution in [0.2, 0.25) is 0 Å². The van der Waals surface area contributed by atoms with Gasteiger partial charge in [0.2, 0.25) is 11.8 Å². The fourth-order valence-electron chi connectivity index (χ4n) is 2.75. The van der Waals surface area contributed by atoms with Crippen molar-refractivity contribution in [3.05, 3.63) is 12.4 Å². The number of anilines is 1. The Morgan fingerprint density at radius 1 is 1.40 bits per heavy atom. The summed E-state index contributed by atoms with van der Waals surface area (Å²) >= 11 is 1.87. The Labute approximate surface area is 157 Å². The number of hydrogen-bond donors (Lipinski definition) is 2. The number of halogens is 1. The largest absolute Gasteiger partial charge is 0.378 e. The SMILES string of the molecule is Cl.O=C(CC1CSCCN1)Nc1cnn(CC(=O)N2CCOCC2)c1. The zero-order valence-electron chi connectivity index (χ0n) is 14.0. The molecule has 8 nitrogen and oxygen atoms in total. The molecule has 0 bridgehead atoms. The van der Waals surface area contributed by atoms with Crippen LogP contribution in [0.25, 0.3) is 0 Å². The summed E-state index contributed by atoms with van der Waals surface area (Å²) in [4.78, 5) is 26.0. The summed E-state index contributed by atoms with van der Waals surface area (Å²) in [5.41, 5.74) is 0.623. The molecule has 3 heterocycles. The van der Waals surface area contributed by atoms with Crippen molar-refractivity contribution in [2.24, 2.45) is 0 Å². The first kappa shape index (κ1) is 20.0. The van der Waals surface area contributed by atoms with Gasteiger partial charge in [-0.15, -0.1) is 12.4 Å². The average molecular weight is 390 g/mol. The minimum absolute atomic E-state index is 0. The number of rotatable bonds is 5. The average Bonchev–Trinajstić information content (AvgIpc) is 3.03. The van der Waals surface area contributed by atoms with Crippen molar-refractivity contribution in [3.8, 4) is 0 Å². The highest BCUT2D eigenvalue weighted by atomic mass is 35.5. The van der Waals surface area contributed by atoms with Crippen LogP contribution >= 0.6 is 24.2 Å². The predicted octanol–water partition coefficient (Wildman–Crippen LogP) is 0.197. The second-order valence-corrected chi connectivity index (χ2v) is 7.05. The number of thioether (sulfide) groups is 1. The van der Waals surface area contributed by atoms with Crippen molar-refractivity contribution in [1.29, 1.82) is 0 Å². The molecule has 0 aliphatic carbocycles. The highest BCUT2D eigenvalue weighted by Crippen LogP contribution is 2.12. The lowest BCUT2D eigenvalue weighted by atomic mass is 10.2. The number of ether oxygens (including phenoxy) is 1. The van der Waals surface area contributed by atoms with Crippen LogP contribution in [0.1, 0.15) is 6.42 Å². The van der Waals surface area contributed by atoms with Crippen molar-refractivity contribution in [3.63, 3.8) is 0 Å². The fraction of sp³-hybridized carbons (Fsp3) is 0.667. The Morgan fingerprint density at radius 2 is 2.20 bits per heavy atom. The monoisotopic (exact) mass is 389 g/mol. The number of carbonyl (C=O) groups excluding carboxylic acids is 2. The van der Waals surface area contributed by atoms with E-state index in [1.807, 2.05) is 11.8 Å². The van der Waals surface area contributed by atoms with Crippen LogP contribution in [-0.2, 0) is 20.9 Å². The zero-order valence-corrected chi connectivity index (χ0v) is 15.6. The van der Waals surface area contributed by atoms with Crippen LogP contribution in [0.5, 0.6) is 0 Å². The summed E-state index contributed by atoms with van der Waals surface area (Å²) in [6.45, 7) is 3.53. The molecule has 140 valence electrons. The van der Waals surface area contributed by atoms with Crippen LogP contribution in [0.15, 0.2) is 12.4 Å². The first-order chi connectivity index (χ1) is 11.7. The first-order valence-electron chi connectivity index (χ1n) is 8.19. The van der Waals surface area contributed by atoms with Gasteiger partial charge in [-0.25, -0.2) is 0 Å². The molecule has 0 spiro atoms. The quantitative estimate of drug-likeness (QED) is 0.747. The van der Waals surface area contributed by atoms with Gasteiger partial charge in [0.05, 0.1) is 25.1 Å². The van der Waals surface area contributed by atoms with Crippen molar-refractivity contribution in [2.45, 2.75) is 19.0 Å². The van der Waals surface area contributed by atoms with E-state index in [2.05, 4.69) is 15.7 Å². The molecule has 10 heteroatoms. The van der Waals surface area contributed by atoms with Crippen LogP contribution in [0.3, 0.4) is 0 Å². The van der Waals surface area contributed by atoms with E-state index in [0.717, 1.165) is 18.1 Å². The molecule has 3 rings (SSSR count). The maximum atomic E-state index is 12.2. The van der Waals surface area contributed by atoms with Gasteiger partial charge in [0, 0.05) is 49.8 Å². The van der Waals surface area contributed by atoms with Crippen molar-refractivity contribution >= 4 is 41.7 Å². The Morgan fingerprint density at radius 3 is 2.92 bits per heavy atom. The van der Waals surface area contributed by atoms with E-state index in [1.165, 1.54) is 0 Å². The molecule has 1 aromatic heterocycles. The summed E-state index contributed by atoms with van der Waals surface area (Å²) in [6, 6.07) is 0.224. The van der Waals surface area contributed by atoms with Crippen molar-refractivity contribution in [1.82, 2.24) is 20.0 Å². The van der Waals surface area contributed by atoms with E-state index < -0.39 is 0 Å². The maximum Gasteiger partial charge on any atom is 0.244 e. The molecule has 2 saturated heterocycles. The van der Waals surface area contributed by atoms with Gasteiger partial charge in [-0.3, -0.25) is 14.3 Å². The van der Waals surface area contributed by atoms with Gasteiger partial charge in [-0.05, 0) is 0 Å². The van der Waals surface area contributed by atoms with E-state index in [0.29, 0.717) is 38.4 Å². The summed E-state index contributed by atoms with van der Waals surface area (Å²) < 4.78 is 6.80. The van der Waals surface area contributed by atoms with E-state index in [1.54, 1.807) is 22.0 Å². The minimum Gasteiger partial charge on any atom is -0.378 e. The molecular formula is C15H24ClN5O3S. The second-order valence-electron chi connectivity index (χ2n) is 5.90. The summed E-state index contributed by atoms with van der Waals surface area (Å²) in [5, 5.41) is 10.3. The molecule has 1 unspecified atom stereocenters. The van der Waals surface area contributed by atoms with Crippen LogP contribution < -0.4 is 10.6 Å². The fourth-order valence-corrected chi connectivity index (χ4v) is 3.70. The van der Waals surface area contributed by atoms with Crippen LogP contribution in [0.4, 0.5) is 5.69 Å². The van der Waals surface area contributed by atoms with Gasteiger partial charge in [0.1, 0.15) is 6.54 Å². The Hall–Kier alpha value is -1.29. The third kappa shape index (κ3) is 6.18. The third-order valence-electron chi connectivity index (χ3n) is 4.01. The molecule has 0 saturated carbocycles. The number of aromatic nitrogens is 2.